The summed E-state index contributed by atoms with van der Waals surface area (Å²) in [5.74, 6) is 0.281. The number of hydrogen-bond donors (Lipinski definition) is 1. The molecule has 0 unspecified atom stereocenters. The number of hydrogen-bond acceptors (Lipinski definition) is 6. The van der Waals surface area contributed by atoms with Crippen LogP contribution in [0.5, 0.6) is 11.8 Å². The molecule has 10 heteroatoms. The third kappa shape index (κ3) is 4.33. The molecule has 34 heavy (non-hydrogen) atoms. The number of rotatable bonds is 8. The first-order valence-corrected chi connectivity index (χ1v) is 11.1. The quantitative estimate of drug-likeness (QED) is 0.415. The van der Waals surface area contributed by atoms with Crippen LogP contribution in [-0.4, -0.2) is 30.4 Å². The van der Waals surface area contributed by atoms with E-state index in [0.29, 0.717) is 10.6 Å². The zero-order chi connectivity index (χ0) is 24.2. The lowest BCUT2D eigenvalue weighted by molar-refractivity contribution is 0.277. The Hall–Kier alpha value is -3.87. The van der Waals surface area contributed by atoms with Crippen molar-refractivity contribution in [2.45, 2.75) is 33.0 Å². The molecule has 0 aliphatic carbocycles. The number of imidazole rings is 1. The van der Waals surface area contributed by atoms with E-state index < -0.39 is 11.2 Å². The van der Waals surface area contributed by atoms with Gasteiger partial charge in [-0.15, -0.1) is 0 Å². The normalized spacial score (nSPS) is 11.0. The van der Waals surface area contributed by atoms with Crippen molar-refractivity contribution < 1.29 is 9.84 Å². The Kier molecular flexibility index (Phi) is 6.82. The Morgan fingerprint density at radius 2 is 1.82 bits per heavy atom. The molecule has 2 heterocycles. The fourth-order valence-electron chi connectivity index (χ4n) is 3.72. The molecule has 2 aromatic heterocycles. The van der Waals surface area contributed by atoms with Crippen LogP contribution in [0, 0.1) is 11.3 Å². The molecule has 0 atom stereocenters. The lowest BCUT2D eigenvalue weighted by atomic mass is 10.2. The van der Waals surface area contributed by atoms with Crippen LogP contribution in [0.4, 0.5) is 0 Å². The van der Waals surface area contributed by atoms with Gasteiger partial charge in [0.2, 0.25) is 0 Å². The molecule has 0 saturated heterocycles. The highest BCUT2D eigenvalue weighted by Gasteiger charge is 2.23. The molecule has 1 N–H and O–H groups in total. The van der Waals surface area contributed by atoms with Crippen LogP contribution in [0.25, 0.3) is 11.2 Å². The van der Waals surface area contributed by atoms with Crippen LogP contribution >= 0.6 is 11.6 Å². The smallest absolute Gasteiger partial charge is 0.332 e. The molecular formula is C24H22ClN5O4. The number of aliphatic hydroxyl groups excluding tert-OH is 1. The summed E-state index contributed by atoms with van der Waals surface area (Å²) < 4.78 is 10.1. The predicted octanol–water partition coefficient (Wildman–Crippen LogP) is 3.13. The molecule has 0 bridgehead atoms. The number of halogens is 1. The maximum atomic E-state index is 13.5. The van der Waals surface area contributed by atoms with Crippen LogP contribution in [0.3, 0.4) is 0 Å². The third-order valence-corrected chi connectivity index (χ3v) is 5.65. The van der Waals surface area contributed by atoms with Gasteiger partial charge in [0.1, 0.15) is 11.8 Å². The monoisotopic (exact) mass is 479 g/mol. The fraction of sp³-hybridized carbons (Fsp3) is 0.250. The second-order valence-electron chi connectivity index (χ2n) is 7.55. The third-order valence-electron chi connectivity index (χ3n) is 5.40. The number of aliphatic hydroxyl groups is 1. The number of nitrogens with zero attached hydrogens (tertiary/aromatic N) is 5. The molecule has 0 aliphatic heterocycles. The summed E-state index contributed by atoms with van der Waals surface area (Å²) >= 11 is 6.03. The molecular weight excluding hydrogens is 458 g/mol. The van der Waals surface area contributed by atoms with E-state index in [4.69, 9.17) is 16.3 Å². The van der Waals surface area contributed by atoms with Gasteiger partial charge in [0, 0.05) is 24.7 Å². The molecule has 9 nitrogen and oxygen atoms in total. The van der Waals surface area contributed by atoms with Gasteiger partial charge in [-0.3, -0.25) is 18.5 Å². The summed E-state index contributed by atoms with van der Waals surface area (Å²) in [4.78, 5) is 31.0. The number of benzene rings is 2. The lowest BCUT2D eigenvalue weighted by Crippen LogP contribution is -2.40. The maximum absolute atomic E-state index is 13.5. The van der Waals surface area contributed by atoms with Gasteiger partial charge in [0.05, 0.1) is 12.1 Å². The number of aryl methyl sites for hydroxylation is 1. The first kappa shape index (κ1) is 23.3. The first-order chi connectivity index (χ1) is 16.5. The van der Waals surface area contributed by atoms with Gasteiger partial charge < -0.3 is 9.84 Å². The number of nitriles is 1. The fourth-order valence-corrected chi connectivity index (χ4v) is 3.85. The van der Waals surface area contributed by atoms with Crippen LogP contribution in [0.1, 0.15) is 24.5 Å². The number of para-hydroxylation sites is 1. The second kappa shape index (κ2) is 9.95. The average molecular weight is 480 g/mol. The molecule has 0 fully saturated rings. The molecule has 0 radical (unpaired) electrons. The van der Waals surface area contributed by atoms with E-state index in [0.717, 1.165) is 10.1 Å². The van der Waals surface area contributed by atoms with Crippen LogP contribution in [0.2, 0.25) is 5.02 Å². The minimum atomic E-state index is -0.525. The van der Waals surface area contributed by atoms with Crippen molar-refractivity contribution >= 4 is 22.8 Å². The number of fused-ring (bicyclic) bond motifs is 1. The minimum absolute atomic E-state index is 0.0731. The molecule has 174 valence electrons. The van der Waals surface area contributed by atoms with E-state index in [-0.39, 0.29) is 55.6 Å². The number of aromatic nitrogens is 4. The summed E-state index contributed by atoms with van der Waals surface area (Å²) in [5.41, 5.74) is 0.491. The lowest BCUT2D eigenvalue weighted by Gasteiger charge is -2.12. The molecule has 4 aromatic rings. The van der Waals surface area contributed by atoms with E-state index in [1.807, 2.05) is 12.1 Å². The van der Waals surface area contributed by atoms with Crippen LogP contribution < -0.4 is 16.0 Å². The maximum Gasteiger partial charge on any atom is 0.332 e. The van der Waals surface area contributed by atoms with Crippen LogP contribution in [0.15, 0.2) is 58.1 Å². The standard InChI is InChI=1S/C24H22ClN5O4/c1-2-28-21-20(22(32)29(24(28)33)12-5-13-31)30(15-16-8-10-18(25)11-9-16)23(27-21)34-19-7-4-3-6-17(19)14-26/h3-4,6-11,31H,2,5,12-13,15H2,1H3. The zero-order valence-electron chi connectivity index (χ0n) is 18.4. The summed E-state index contributed by atoms with van der Waals surface area (Å²) in [5, 5.41) is 19.3. The van der Waals surface area contributed by atoms with E-state index in [9.17, 15) is 20.0 Å². The van der Waals surface area contributed by atoms with E-state index in [1.54, 1.807) is 47.9 Å². The summed E-state index contributed by atoms with van der Waals surface area (Å²) in [6.45, 7) is 2.20. The molecule has 0 amide bonds. The van der Waals surface area contributed by atoms with Gasteiger partial charge in [0.25, 0.3) is 5.56 Å². The Bertz CT molecular complexity index is 1500. The highest BCUT2D eigenvalue weighted by atomic mass is 35.5. The van der Waals surface area contributed by atoms with Crippen molar-refractivity contribution in [1.82, 2.24) is 18.7 Å². The van der Waals surface area contributed by atoms with Crippen molar-refractivity contribution in [3.8, 4) is 17.8 Å². The Morgan fingerprint density at radius 1 is 1.09 bits per heavy atom. The Morgan fingerprint density at radius 3 is 2.50 bits per heavy atom. The minimum Gasteiger partial charge on any atom is -0.424 e. The van der Waals surface area contributed by atoms with E-state index in [1.165, 1.54) is 4.57 Å². The molecule has 0 saturated carbocycles. The highest BCUT2D eigenvalue weighted by Crippen LogP contribution is 2.28. The van der Waals surface area contributed by atoms with Crippen molar-refractivity contribution in [1.29, 1.82) is 5.26 Å². The Labute approximate surface area is 199 Å². The SMILES string of the molecule is CCn1c(=O)n(CCCO)c(=O)c2c1nc(Oc1ccccc1C#N)n2Cc1ccc(Cl)cc1. The van der Waals surface area contributed by atoms with Crippen molar-refractivity contribution in [2.75, 3.05) is 6.61 Å². The first-order valence-electron chi connectivity index (χ1n) is 10.7. The Balaban J connectivity index is 1.98. The van der Waals surface area contributed by atoms with E-state index >= 15 is 0 Å². The number of ether oxygens (including phenoxy) is 1. The topological polar surface area (TPSA) is 115 Å². The van der Waals surface area contributed by atoms with E-state index in [2.05, 4.69) is 11.1 Å². The van der Waals surface area contributed by atoms with Gasteiger partial charge in [-0.05, 0) is 43.2 Å². The predicted molar refractivity (Wildman–Crippen MR) is 127 cm³/mol. The van der Waals surface area contributed by atoms with Gasteiger partial charge in [0.15, 0.2) is 11.2 Å². The van der Waals surface area contributed by atoms with Gasteiger partial charge in [-0.2, -0.15) is 10.2 Å². The second-order valence-corrected chi connectivity index (χ2v) is 7.99. The molecule has 4 rings (SSSR count). The largest absolute Gasteiger partial charge is 0.424 e. The summed E-state index contributed by atoms with van der Waals surface area (Å²) in [6, 6.07) is 16.0. The highest BCUT2D eigenvalue weighted by molar-refractivity contribution is 6.30. The van der Waals surface area contributed by atoms with Crippen molar-refractivity contribution in [3.63, 3.8) is 0 Å². The van der Waals surface area contributed by atoms with Gasteiger partial charge in [-0.25, -0.2) is 4.79 Å². The average Bonchev–Trinajstić information content (AvgIpc) is 3.18. The zero-order valence-corrected chi connectivity index (χ0v) is 19.2. The molecule has 0 spiro atoms. The summed E-state index contributed by atoms with van der Waals surface area (Å²) in [6.07, 6.45) is 0.259. The van der Waals surface area contributed by atoms with Crippen LogP contribution in [-0.2, 0) is 19.6 Å². The van der Waals surface area contributed by atoms with Gasteiger partial charge in [-0.1, -0.05) is 35.9 Å². The molecule has 0 aliphatic rings. The van der Waals surface area contributed by atoms with Gasteiger partial charge >= 0.3 is 11.7 Å². The van der Waals surface area contributed by atoms with Crippen molar-refractivity contribution in [3.05, 3.63) is 85.5 Å². The van der Waals surface area contributed by atoms with Crippen molar-refractivity contribution in [2.24, 2.45) is 0 Å². The summed E-state index contributed by atoms with van der Waals surface area (Å²) in [7, 11) is 0. The molecule has 2 aromatic carbocycles.